The Hall–Kier alpha value is -0.530. The second-order valence-corrected chi connectivity index (χ2v) is 3.79. The molecule has 0 aromatic rings. The first-order valence-electron chi connectivity index (χ1n) is 5.67. The van der Waals surface area contributed by atoms with Crippen LogP contribution in [0.3, 0.4) is 0 Å². The highest BCUT2D eigenvalue weighted by molar-refractivity contribution is 5.66. The molecule has 0 aliphatic heterocycles. The summed E-state index contributed by atoms with van der Waals surface area (Å²) in [5.74, 6) is -0.226. The van der Waals surface area contributed by atoms with Crippen LogP contribution in [0.5, 0.6) is 0 Å². The molecule has 0 aromatic carbocycles. The molecule has 0 aliphatic rings. The topological polar surface area (TPSA) is 26.3 Å². The third-order valence-electron chi connectivity index (χ3n) is 2.21. The second kappa shape index (κ2) is 9.04. The van der Waals surface area contributed by atoms with Crippen LogP contribution in [0, 0.1) is 6.92 Å². The fourth-order valence-electron chi connectivity index (χ4n) is 1.45. The van der Waals surface area contributed by atoms with E-state index in [0.717, 1.165) is 12.8 Å². The van der Waals surface area contributed by atoms with Crippen molar-refractivity contribution in [2.75, 3.05) is 0 Å². The van der Waals surface area contributed by atoms with Gasteiger partial charge in [0, 0.05) is 6.92 Å². The normalized spacial score (nSPS) is 12.5. The lowest BCUT2D eigenvalue weighted by atomic mass is 10.1. The number of hydrogen-bond donors (Lipinski definition) is 0. The van der Waals surface area contributed by atoms with Crippen molar-refractivity contribution in [3.8, 4) is 0 Å². The molecule has 2 heteroatoms. The van der Waals surface area contributed by atoms with Gasteiger partial charge in [0.25, 0.3) is 0 Å². The van der Waals surface area contributed by atoms with E-state index in [1.54, 1.807) is 0 Å². The maximum atomic E-state index is 10.6. The van der Waals surface area contributed by atoms with E-state index in [4.69, 9.17) is 4.74 Å². The third-order valence-corrected chi connectivity index (χ3v) is 2.21. The maximum absolute atomic E-state index is 10.6. The number of rotatable bonds is 8. The molecule has 1 unspecified atom stereocenters. The zero-order valence-electron chi connectivity index (χ0n) is 9.55. The molecule has 1 atom stereocenters. The molecule has 0 rings (SSSR count). The van der Waals surface area contributed by atoms with Crippen LogP contribution in [0.2, 0.25) is 0 Å². The van der Waals surface area contributed by atoms with Gasteiger partial charge in [-0.2, -0.15) is 0 Å². The van der Waals surface area contributed by atoms with E-state index < -0.39 is 0 Å². The van der Waals surface area contributed by atoms with Crippen molar-refractivity contribution >= 4 is 5.97 Å². The van der Waals surface area contributed by atoms with Gasteiger partial charge in [0.1, 0.15) is 6.10 Å². The van der Waals surface area contributed by atoms with Gasteiger partial charge in [0.15, 0.2) is 0 Å². The van der Waals surface area contributed by atoms with Crippen molar-refractivity contribution in [2.45, 2.75) is 64.9 Å². The first-order valence-corrected chi connectivity index (χ1v) is 5.67. The standard InChI is InChI=1S/C12H23O2/c1-4-5-6-7-8-9-10-11(2)14-12(3)13/h11H,2,4-10H2,1,3H3. The smallest absolute Gasteiger partial charge is 0.302 e. The first-order chi connectivity index (χ1) is 6.66. The Labute approximate surface area is 88.0 Å². The largest absolute Gasteiger partial charge is 0.463 e. The van der Waals surface area contributed by atoms with Crippen LogP contribution in [0.15, 0.2) is 0 Å². The van der Waals surface area contributed by atoms with Gasteiger partial charge in [-0.05, 0) is 19.8 Å². The molecule has 0 spiro atoms. The zero-order valence-corrected chi connectivity index (χ0v) is 9.55. The van der Waals surface area contributed by atoms with Crippen LogP contribution in [0.1, 0.15) is 58.8 Å². The van der Waals surface area contributed by atoms with E-state index in [2.05, 4.69) is 13.8 Å². The minimum absolute atomic E-state index is 0.154. The zero-order chi connectivity index (χ0) is 10.8. The van der Waals surface area contributed by atoms with E-state index in [1.165, 1.54) is 39.0 Å². The van der Waals surface area contributed by atoms with Gasteiger partial charge < -0.3 is 4.74 Å². The molecular weight excluding hydrogens is 176 g/mol. The molecule has 83 valence electrons. The molecule has 0 aliphatic carbocycles. The lowest BCUT2D eigenvalue weighted by Gasteiger charge is -2.10. The molecule has 0 amide bonds. The number of carbonyl (C=O) groups excluding carboxylic acids is 1. The van der Waals surface area contributed by atoms with Crippen LogP contribution in [0.4, 0.5) is 0 Å². The summed E-state index contributed by atoms with van der Waals surface area (Å²) in [6.45, 7) is 7.41. The van der Waals surface area contributed by atoms with Crippen molar-refractivity contribution in [1.82, 2.24) is 0 Å². The Bertz CT molecular complexity index is 143. The Balaban J connectivity index is 3.14. The highest BCUT2D eigenvalue weighted by Gasteiger charge is 2.04. The highest BCUT2D eigenvalue weighted by atomic mass is 16.5. The molecule has 0 heterocycles. The lowest BCUT2D eigenvalue weighted by Crippen LogP contribution is -2.12. The predicted octanol–water partition coefficient (Wildman–Crippen LogP) is 3.50. The predicted molar refractivity (Wildman–Crippen MR) is 58.9 cm³/mol. The monoisotopic (exact) mass is 199 g/mol. The summed E-state index contributed by atoms with van der Waals surface area (Å²) in [7, 11) is 0. The van der Waals surface area contributed by atoms with Crippen molar-refractivity contribution in [3.63, 3.8) is 0 Å². The third kappa shape index (κ3) is 9.56. The molecule has 0 saturated carbocycles. The summed E-state index contributed by atoms with van der Waals surface area (Å²) in [5.41, 5.74) is 0. The fourth-order valence-corrected chi connectivity index (χ4v) is 1.45. The van der Waals surface area contributed by atoms with Crippen molar-refractivity contribution in [2.24, 2.45) is 0 Å². The average Bonchev–Trinajstić information content (AvgIpc) is 2.10. The van der Waals surface area contributed by atoms with Gasteiger partial charge in [0.05, 0.1) is 0 Å². The number of unbranched alkanes of at least 4 members (excludes halogenated alkanes) is 5. The van der Waals surface area contributed by atoms with Crippen LogP contribution in [0.25, 0.3) is 0 Å². The summed E-state index contributed by atoms with van der Waals surface area (Å²) < 4.78 is 4.93. The van der Waals surface area contributed by atoms with Crippen LogP contribution in [-0.2, 0) is 9.53 Å². The summed E-state index contributed by atoms with van der Waals surface area (Å²) in [5, 5.41) is 0. The number of ether oxygens (including phenoxy) is 1. The van der Waals surface area contributed by atoms with E-state index in [-0.39, 0.29) is 12.1 Å². The second-order valence-electron chi connectivity index (χ2n) is 3.79. The Morgan fingerprint density at radius 2 is 1.79 bits per heavy atom. The number of hydrogen-bond acceptors (Lipinski definition) is 2. The van der Waals surface area contributed by atoms with Crippen LogP contribution < -0.4 is 0 Å². The Morgan fingerprint density at radius 1 is 1.21 bits per heavy atom. The summed E-state index contributed by atoms with van der Waals surface area (Å²) in [6, 6.07) is 0. The molecule has 14 heavy (non-hydrogen) atoms. The van der Waals surface area contributed by atoms with Gasteiger partial charge in [-0.3, -0.25) is 4.79 Å². The molecule has 0 N–H and O–H groups in total. The Kier molecular flexibility index (Phi) is 8.70. The quantitative estimate of drug-likeness (QED) is 0.442. The van der Waals surface area contributed by atoms with Crippen molar-refractivity contribution in [3.05, 3.63) is 6.92 Å². The van der Waals surface area contributed by atoms with Crippen molar-refractivity contribution in [1.29, 1.82) is 0 Å². The molecule has 0 aromatic heterocycles. The summed E-state index contributed by atoms with van der Waals surface area (Å²) in [6.07, 6.45) is 8.32. The first kappa shape index (κ1) is 13.5. The van der Waals surface area contributed by atoms with Gasteiger partial charge >= 0.3 is 5.97 Å². The lowest BCUT2D eigenvalue weighted by molar-refractivity contribution is -0.144. The SMILES string of the molecule is [CH2]C(CCCCCCCC)OC(C)=O. The fraction of sp³-hybridized carbons (Fsp3) is 0.833. The average molecular weight is 199 g/mol. The van der Waals surface area contributed by atoms with Gasteiger partial charge in [0.2, 0.25) is 0 Å². The minimum Gasteiger partial charge on any atom is -0.463 e. The van der Waals surface area contributed by atoms with E-state index in [0.29, 0.717) is 0 Å². The maximum Gasteiger partial charge on any atom is 0.302 e. The van der Waals surface area contributed by atoms with E-state index >= 15 is 0 Å². The van der Waals surface area contributed by atoms with E-state index in [1.807, 2.05) is 0 Å². The molecule has 1 radical (unpaired) electrons. The molecule has 0 saturated heterocycles. The van der Waals surface area contributed by atoms with Gasteiger partial charge in [-0.25, -0.2) is 0 Å². The molecular formula is C12H23O2. The highest BCUT2D eigenvalue weighted by Crippen LogP contribution is 2.09. The number of esters is 1. The van der Waals surface area contributed by atoms with E-state index in [9.17, 15) is 4.79 Å². The minimum atomic E-state index is -0.226. The van der Waals surface area contributed by atoms with Crippen LogP contribution >= 0.6 is 0 Å². The molecule has 0 fully saturated rings. The Morgan fingerprint density at radius 3 is 2.36 bits per heavy atom. The van der Waals surface area contributed by atoms with Gasteiger partial charge in [-0.1, -0.05) is 39.0 Å². The summed E-state index contributed by atoms with van der Waals surface area (Å²) in [4.78, 5) is 10.6. The summed E-state index contributed by atoms with van der Waals surface area (Å²) >= 11 is 0. The number of carbonyl (C=O) groups is 1. The van der Waals surface area contributed by atoms with Gasteiger partial charge in [-0.15, -0.1) is 0 Å². The molecule has 2 nitrogen and oxygen atoms in total. The van der Waals surface area contributed by atoms with Crippen molar-refractivity contribution < 1.29 is 9.53 Å². The molecule has 0 bridgehead atoms. The van der Waals surface area contributed by atoms with Crippen LogP contribution in [-0.4, -0.2) is 12.1 Å².